The lowest BCUT2D eigenvalue weighted by Crippen LogP contribution is -2.12. The van der Waals surface area contributed by atoms with Gasteiger partial charge in [0.25, 0.3) is 0 Å². The van der Waals surface area contributed by atoms with Crippen molar-refractivity contribution in [3.63, 3.8) is 0 Å². The molecule has 0 aliphatic rings. The molecule has 16 heavy (non-hydrogen) atoms. The zero-order chi connectivity index (χ0) is 12.3. The van der Waals surface area contributed by atoms with Gasteiger partial charge in [-0.3, -0.25) is 0 Å². The lowest BCUT2D eigenvalue weighted by atomic mass is 9.83. The molecular weight excluding hydrogens is 196 g/mol. The highest BCUT2D eigenvalue weighted by Crippen LogP contribution is 2.33. The minimum Gasteiger partial charge on any atom is -0.508 e. The fraction of sp³-hybridized carbons (Fsp3) is 0.600. The van der Waals surface area contributed by atoms with Crippen LogP contribution in [0.25, 0.3) is 0 Å². The highest BCUT2D eigenvalue weighted by Gasteiger charge is 2.19. The second-order valence-electron chi connectivity index (χ2n) is 5.72. The van der Waals surface area contributed by atoms with E-state index in [4.69, 9.17) is 0 Å². The molecule has 0 bridgehead atoms. The van der Waals surface area contributed by atoms with E-state index in [1.54, 1.807) is 0 Å². The second-order valence-corrected chi connectivity index (χ2v) is 5.72. The predicted molar refractivity (Wildman–Crippen MR) is 70.1 cm³/mol. The van der Waals surface area contributed by atoms with Gasteiger partial charge < -0.3 is 5.11 Å². The molecule has 0 heterocycles. The first kappa shape index (κ1) is 13.1. The molecule has 1 aromatic carbocycles. The summed E-state index contributed by atoms with van der Waals surface area (Å²) in [7, 11) is 0. The maximum Gasteiger partial charge on any atom is 0.119 e. The summed E-state index contributed by atoms with van der Waals surface area (Å²) in [4.78, 5) is 0. The number of phenols is 1. The van der Waals surface area contributed by atoms with Crippen LogP contribution in [0.15, 0.2) is 18.2 Å². The van der Waals surface area contributed by atoms with E-state index < -0.39 is 0 Å². The molecule has 1 heteroatoms. The van der Waals surface area contributed by atoms with Crippen molar-refractivity contribution in [2.75, 3.05) is 0 Å². The zero-order valence-electron chi connectivity index (χ0n) is 11.2. The van der Waals surface area contributed by atoms with Gasteiger partial charge in [0, 0.05) is 0 Å². The summed E-state index contributed by atoms with van der Waals surface area (Å²) in [5.41, 5.74) is 2.39. The molecule has 0 aliphatic heterocycles. The molecule has 1 atom stereocenters. The van der Waals surface area contributed by atoms with Gasteiger partial charge in [-0.25, -0.2) is 0 Å². The lowest BCUT2D eigenvalue weighted by molar-refractivity contribution is 0.445. The van der Waals surface area contributed by atoms with E-state index in [0.717, 1.165) is 5.56 Å². The second kappa shape index (κ2) is 4.90. The van der Waals surface area contributed by atoms with Gasteiger partial charge in [0.05, 0.1) is 0 Å². The summed E-state index contributed by atoms with van der Waals surface area (Å²) in [5.74, 6) is 0.992. The van der Waals surface area contributed by atoms with Crippen LogP contribution in [0.5, 0.6) is 5.75 Å². The average molecular weight is 220 g/mol. The summed E-state index contributed by atoms with van der Waals surface area (Å²) in [6.45, 7) is 10.9. The molecule has 1 N–H and O–H groups in total. The Bertz CT molecular complexity index is 347. The molecule has 0 radical (unpaired) electrons. The molecule has 90 valence electrons. The van der Waals surface area contributed by atoms with Crippen LogP contribution in [0.3, 0.4) is 0 Å². The third-order valence-electron chi connectivity index (χ3n) is 3.12. The van der Waals surface area contributed by atoms with Gasteiger partial charge in [0.15, 0.2) is 0 Å². The molecule has 0 amide bonds. The molecule has 0 fully saturated rings. The van der Waals surface area contributed by atoms with Crippen molar-refractivity contribution in [3.05, 3.63) is 29.3 Å². The van der Waals surface area contributed by atoms with Crippen molar-refractivity contribution >= 4 is 0 Å². The van der Waals surface area contributed by atoms with Gasteiger partial charge in [0.2, 0.25) is 0 Å². The fourth-order valence-corrected chi connectivity index (χ4v) is 2.06. The average Bonchev–Trinajstić information content (AvgIpc) is 2.16. The highest BCUT2D eigenvalue weighted by atomic mass is 16.3. The van der Waals surface area contributed by atoms with E-state index in [9.17, 15) is 5.11 Å². The molecule has 0 saturated carbocycles. The Kier molecular flexibility index (Phi) is 4.01. The number of phenolic OH excluding ortho intramolecular Hbond substituents is 1. The third-order valence-corrected chi connectivity index (χ3v) is 3.12. The van der Waals surface area contributed by atoms with Crippen molar-refractivity contribution in [1.29, 1.82) is 0 Å². The monoisotopic (exact) mass is 220 g/mol. The van der Waals surface area contributed by atoms with Gasteiger partial charge in [-0.05, 0) is 34.9 Å². The Labute approximate surface area is 99.5 Å². The van der Waals surface area contributed by atoms with Crippen molar-refractivity contribution < 1.29 is 5.11 Å². The molecule has 1 nitrogen and oxygen atoms in total. The van der Waals surface area contributed by atoms with Crippen LogP contribution in [-0.2, 0) is 5.41 Å². The van der Waals surface area contributed by atoms with E-state index in [0.29, 0.717) is 11.7 Å². The van der Waals surface area contributed by atoms with Crippen LogP contribution >= 0.6 is 0 Å². The number of benzene rings is 1. The normalized spacial score (nSPS) is 13.8. The summed E-state index contributed by atoms with van der Waals surface area (Å²) in [5, 5.41) is 9.88. The topological polar surface area (TPSA) is 20.2 Å². The largest absolute Gasteiger partial charge is 0.508 e. The fourth-order valence-electron chi connectivity index (χ4n) is 2.06. The Morgan fingerprint density at radius 3 is 2.38 bits per heavy atom. The number of rotatable bonds is 3. The molecule has 1 unspecified atom stereocenters. The van der Waals surface area contributed by atoms with Gasteiger partial charge in [-0.1, -0.05) is 53.2 Å². The molecule has 1 rings (SSSR count). The van der Waals surface area contributed by atoms with Gasteiger partial charge in [0.1, 0.15) is 5.75 Å². The van der Waals surface area contributed by atoms with E-state index in [2.05, 4.69) is 40.7 Å². The summed E-state index contributed by atoms with van der Waals surface area (Å²) in [6, 6.07) is 6.04. The van der Waals surface area contributed by atoms with Crippen LogP contribution in [0.2, 0.25) is 0 Å². The van der Waals surface area contributed by atoms with E-state index in [1.165, 1.54) is 18.4 Å². The van der Waals surface area contributed by atoms with Crippen LogP contribution in [0.4, 0.5) is 0 Å². The molecule has 1 aromatic rings. The quantitative estimate of drug-likeness (QED) is 0.789. The Balaban J connectivity index is 3.07. The number of hydrogen-bond donors (Lipinski definition) is 1. The summed E-state index contributed by atoms with van der Waals surface area (Å²) < 4.78 is 0. The summed E-state index contributed by atoms with van der Waals surface area (Å²) in [6.07, 6.45) is 2.40. The minimum absolute atomic E-state index is 0.00598. The van der Waals surface area contributed by atoms with Crippen LogP contribution in [0, 0.1) is 0 Å². The molecule has 0 aromatic heterocycles. The Hall–Kier alpha value is -0.980. The first-order valence-corrected chi connectivity index (χ1v) is 6.19. The summed E-state index contributed by atoms with van der Waals surface area (Å²) >= 11 is 0. The third kappa shape index (κ3) is 3.01. The van der Waals surface area contributed by atoms with E-state index >= 15 is 0 Å². The number of aromatic hydroxyl groups is 1. The van der Waals surface area contributed by atoms with Crippen LogP contribution < -0.4 is 0 Å². The van der Waals surface area contributed by atoms with Crippen molar-refractivity contribution in [1.82, 2.24) is 0 Å². The molecule has 0 aliphatic carbocycles. The minimum atomic E-state index is 0.00598. The van der Waals surface area contributed by atoms with Crippen molar-refractivity contribution in [3.8, 4) is 5.75 Å². The van der Waals surface area contributed by atoms with Gasteiger partial charge in [-0.15, -0.1) is 0 Å². The number of hydrogen-bond acceptors (Lipinski definition) is 1. The van der Waals surface area contributed by atoms with Gasteiger partial charge >= 0.3 is 0 Å². The predicted octanol–water partition coefficient (Wildman–Crippen LogP) is 4.59. The lowest BCUT2D eigenvalue weighted by Gasteiger charge is -2.22. The molecular formula is C15H24O. The maximum atomic E-state index is 9.88. The maximum absolute atomic E-state index is 9.88. The van der Waals surface area contributed by atoms with E-state index in [1.807, 2.05) is 12.1 Å². The van der Waals surface area contributed by atoms with Gasteiger partial charge in [-0.2, -0.15) is 0 Å². The van der Waals surface area contributed by atoms with E-state index in [-0.39, 0.29) is 5.41 Å². The SMILES string of the molecule is CCCC(C)c1ccc(O)c(C(C)(C)C)c1. The van der Waals surface area contributed by atoms with Crippen molar-refractivity contribution in [2.24, 2.45) is 0 Å². The smallest absolute Gasteiger partial charge is 0.119 e. The van der Waals surface area contributed by atoms with Crippen LogP contribution in [0.1, 0.15) is 64.5 Å². The Morgan fingerprint density at radius 2 is 1.88 bits per heavy atom. The van der Waals surface area contributed by atoms with Crippen LogP contribution in [-0.4, -0.2) is 5.11 Å². The first-order chi connectivity index (χ1) is 7.36. The molecule has 0 saturated heterocycles. The highest BCUT2D eigenvalue weighted by molar-refractivity contribution is 5.41. The van der Waals surface area contributed by atoms with Crippen molar-refractivity contribution in [2.45, 2.75) is 58.8 Å². The standard InChI is InChI=1S/C15H24O/c1-6-7-11(2)12-8-9-14(16)13(10-12)15(3,4)5/h8-11,16H,6-7H2,1-5H3. The first-order valence-electron chi connectivity index (χ1n) is 6.19. The zero-order valence-corrected chi connectivity index (χ0v) is 11.2. The molecule has 0 spiro atoms. The Morgan fingerprint density at radius 1 is 1.25 bits per heavy atom.